The topological polar surface area (TPSA) is 34.9 Å². The molecule has 1 aromatic carbocycles. The Morgan fingerprint density at radius 3 is 2.67 bits per heavy atom. The summed E-state index contributed by atoms with van der Waals surface area (Å²) in [7, 11) is 0. The molecule has 0 saturated carbocycles. The standard InChI is InChI=1S/C15H18N2O/c1-10-6-5-7-15(12(10)3)17-9-14(8-11(2)18)13(4)16-17/h5-7,9H,8H2,1-4H3. The molecule has 1 aromatic heterocycles. The van der Waals surface area contributed by atoms with Crippen LogP contribution in [0.4, 0.5) is 0 Å². The molecule has 0 fully saturated rings. The van der Waals surface area contributed by atoms with Gasteiger partial charge in [-0.1, -0.05) is 12.1 Å². The second kappa shape index (κ2) is 4.77. The fourth-order valence-electron chi connectivity index (χ4n) is 2.04. The molecule has 18 heavy (non-hydrogen) atoms. The Bertz CT molecular complexity index is 597. The molecule has 0 radical (unpaired) electrons. The summed E-state index contributed by atoms with van der Waals surface area (Å²) in [6.45, 7) is 7.73. The van der Waals surface area contributed by atoms with Gasteiger partial charge in [0.05, 0.1) is 11.4 Å². The first-order valence-corrected chi connectivity index (χ1v) is 6.10. The van der Waals surface area contributed by atoms with Crippen LogP contribution in [0.3, 0.4) is 0 Å². The molecule has 1 heterocycles. The van der Waals surface area contributed by atoms with Gasteiger partial charge in [0.15, 0.2) is 0 Å². The van der Waals surface area contributed by atoms with Crippen LogP contribution in [0.25, 0.3) is 5.69 Å². The summed E-state index contributed by atoms with van der Waals surface area (Å²) in [5, 5.41) is 4.50. The van der Waals surface area contributed by atoms with Crippen LogP contribution < -0.4 is 0 Å². The number of hydrogen-bond acceptors (Lipinski definition) is 2. The minimum Gasteiger partial charge on any atom is -0.300 e. The zero-order chi connectivity index (χ0) is 13.3. The van der Waals surface area contributed by atoms with E-state index >= 15 is 0 Å². The minimum absolute atomic E-state index is 0.165. The third kappa shape index (κ3) is 2.35. The summed E-state index contributed by atoms with van der Waals surface area (Å²) in [4.78, 5) is 11.2. The van der Waals surface area contributed by atoms with Crippen LogP contribution in [0.15, 0.2) is 24.4 Å². The summed E-state index contributed by atoms with van der Waals surface area (Å²) >= 11 is 0. The number of nitrogens with zero attached hydrogens (tertiary/aromatic N) is 2. The molecule has 0 atom stereocenters. The van der Waals surface area contributed by atoms with E-state index in [1.165, 1.54) is 11.1 Å². The molecule has 3 heteroatoms. The van der Waals surface area contributed by atoms with Crippen LogP contribution in [-0.4, -0.2) is 15.6 Å². The van der Waals surface area contributed by atoms with Gasteiger partial charge in [-0.05, 0) is 44.9 Å². The van der Waals surface area contributed by atoms with E-state index in [2.05, 4.69) is 25.0 Å². The van der Waals surface area contributed by atoms with Gasteiger partial charge in [-0.15, -0.1) is 0 Å². The van der Waals surface area contributed by atoms with E-state index in [1.807, 2.05) is 29.9 Å². The van der Waals surface area contributed by atoms with Crippen LogP contribution in [0.2, 0.25) is 0 Å². The van der Waals surface area contributed by atoms with Gasteiger partial charge in [-0.25, -0.2) is 4.68 Å². The summed E-state index contributed by atoms with van der Waals surface area (Å²) in [5.41, 5.74) is 5.46. The molecule has 0 spiro atoms. The smallest absolute Gasteiger partial charge is 0.134 e. The number of rotatable bonds is 3. The summed E-state index contributed by atoms with van der Waals surface area (Å²) in [5.74, 6) is 0.165. The van der Waals surface area contributed by atoms with Gasteiger partial charge in [-0.2, -0.15) is 5.10 Å². The lowest BCUT2D eigenvalue weighted by molar-refractivity contribution is -0.116. The van der Waals surface area contributed by atoms with Crippen LogP contribution in [0.1, 0.15) is 29.3 Å². The summed E-state index contributed by atoms with van der Waals surface area (Å²) in [6, 6.07) is 6.16. The zero-order valence-corrected chi connectivity index (χ0v) is 11.3. The second-order valence-electron chi connectivity index (χ2n) is 4.78. The van der Waals surface area contributed by atoms with Crippen molar-refractivity contribution in [3.8, 4) is 5.69 Å². The number of carbonyl (C=O) groups excluding carboxylic acids is 1. The summed E-state index contributed by atoms with van der Waals surface area (Å²) < 4.78 is 1.87. The van der Waals surface area contributed by atoms with Crippen molar-refractivity contribution in [1.82, 2.24) is 9.78 Å². The molecule has 0 N–H and O–H groups in total. The van der Waals surface area contributed by atoms with Crippen LogP contribution in [0, 0.1) is 20.8 Å². The summed E-state index contributed by atoms with van der Waals surface area (Å²) in [6.07, 6.45) is 2.41. The predicted molar refractivity (Wildman–Crippen MR) is 72.2 cm³/mol. The molecule has 0 aliphatic rings. The second-order valence-corrected chi connectivity index (χ2v) is 4.78. The molecule has 94 valence electrons. The molecule has 2 aromatic rings. The molecule has 0 amide bonds. The molecular weight excluding hydrogens is 224 g/mol. The van der Waals surface area contributed by atoms with Crippen molar-refractivity contribution < 1.29 is 4.79 Å². The van der Waals surface area contributed by atoms with E-state index in [1.54, 1.807) is 6.92 Å². The van der Waals surface area contributed by atoms with Crippen molar-refractivity contribution in [1.29, 1.82) is 0 Å². The zero-order valence-electron chi connectivity index (χ0n) is 11.3. The normalized spacial score (nSPS) is 10.7. The predicted octanol–water partition coefficient (Wildman–Crippen LogP) is 2.93. The van der Waals surface area contributed by atoms with Gasteiger partial charge < -0.3 is 0 Å². The molecule has 0 bridgehead atoms. The van der Waals surface area contributed by atoms with Gasteiger partial charge in [0.1, 0.15) is 5.78 Å². The maximum absolute atomic E-state index is 11.2. The Morgan fingerprint density at radius 1 is 1.28 bits per heavy atom. The highest BCUT2D eigenvalue weighted by Crippen LogP contribution is 2.18. The van der Waals surface area contributed by atoms with E-state index in [-0.39, 0.29) is 5.78 Å². The van der Waals surface area contributed by atoms with Gasteiger partial charge in [0, 0.05) is 18.2 Å². The maximum atomic E-state index is 11.2. The van der Waals surface area contributed by atoms with Gasteiger partial charge in [0.2, 0.25) is 0 Å². The van der Waals surface area contributed by atoms with Crippen molar-refractivity contribution in [2.24, 2.45) is 0 Å². The lowest BCUT2D eigenvalue weighted by atomic mass is 10.1. The van der Waals surface area contributed by atoms with E-state index in [0.29, 0.717) is 6.42 Å². The third-order valence-corrected chi connectivity index (χ3v) is 3.26. The Balaban J connectivity index is 2.46. The lowest BCUT2D eigenvalue weighted by Gasteiger charge is -2.07. The van der Waals surface area contributed by atoms with Gasteiger partial charge in [-0.3, -0.25) is 4.79 Å². The van der Waals surface area contributed by atoms with E-state index in [4.69, 9.17) is 0 Å². The van der Waals surface area contributed by atoms with E-state index < -0.39 is 0 Å². The van der Waals surface area contributed by atoms with Crippen LogP contribution >= 0.6 is 0 Å². The highest BCUT2D eigenvalue weighted by Gasteiger charge is 2.10. The number of ketones is 1. The Morgan fingerprint density at radius 2 is 2.00 bits per heavy atom. The number of carbonyl (C=O) groups is 1. The highest BCUT2D eigenvalue weighted by atomic mass is 16.1. The number of hydrogen-bond donors (Lipinski definition) is 0. The fraction of sp³-hybridized carbons (Fsp3) is 0.333. The highest BCUT2D eigenvalue weighted by molar-refractivity contribution is 5.78. The van der Waals surface area contributed by atoms with Crippen molar-refractivity contribution in [3.05, 3.63) is 46.8 Å². The third-order valence-electron chi connectivity index (χ3n) is 3.26. The number of benzene rings is 1. The average molecular weight is 242 g/mol. The Kier molecular flexibility index (Phi) is 3.32. The molecule has 3 nitrogen and oxygen atoms in total. The molecule has 0 saturated heterocycles. The number of aryl methyl sites for hydroxylation is 2. The Labute approximate surface area is 107 Å². The molecule has 0 aliphatic heterocycles. The van der Waals surface area contributed by atoms with Gasteiger partial charge in [0.25, 0.3) is 0 Å². The monoisotopic (exact) mass is 242 g/mol. The van der Waals surface area contributed by atoms with E-state index in [9.17, 15) is 4.79 Å². The largest absolute Gasteiger partial charge is 0.300 e. The fourth-order valence-corrected chi connectivity index (χ4v) is 2.04. The van der Waals surface area contributed by atoms with Crippen molar-refractivity contribution in [2.45, 2.75) is 34.1 Å². The van der Waals surface area contributed by atoms with Crippen molar-refractivity contribution in [3.63, 3.8) is 0 Å². The van der Waals surface area contributed by atoms with Crippen molar-refractivity contribution in [2.75, 3.05) is 0 Å². The number of aromatic nitrogens is 2. The Hall–Kier alpha value is -1.90. The molecule has 0 aliphatic carbocycles. The molecular formula is C15H18N2O. The first-order chi connectivity index (χ1) is 8.49. The quantitative estimate of drug-likeness (QED) is 0.829. The first-order valence-electron chi connectivity index (χ1n) is 6.10. The van der Waals surface area contributed by atoms with Gasteiger partial charge >= 0.3 is 0 Å². The number of Topliss-reactive ketones (excluding diaryl/α,β-unsaturated/α-hetero) is 1. The first kappa shape index (κ1) is 12.6. The van der Waals surface area contributed by atoms with Crippen molar-refractivity contribution >= 4 is 5.78 Å². The molecule has 2 rings (SSSR count). The minimum atomic E-state index is 0.165. The van der Waals surface area contributed by atoms with Crippen LogP contribution in [0.5, 0.6) is 0 Å². The average Bonchev–Trinajstić information content (AvgIpc) is 2.63. The molecule has 0 unspecified atom stereocenters. The maximum Gasteiger partial charge on any atom is 0.134 e. The SMILES string of the molecule is CC(=O)Cc1cn(-c2cccc(C)c2C)nc1C. The van der Waals surface area contributed by atoms with Crippen LogP contribution in [-0.2, 0) is 11.2 Å². The lowest BCUT2D eigenvalue weighted by Crippen LogP contribution is -1.99. The van der Waals surface area contributed by atoms with E-state index in [0.717, 1.165) is 16.9 Å².